The molecule has 0 saturated heterocycles. The second-order valence-electron chi connectivity index (χ2n) is 4.68. The summed E-state index contributed by atoms with van der Waals surface area (Å²) in [4.78, 5) is 9.16. The smallest absolute Gasteiger partial charge is 0.137 e. The Morgan fingerprint density at radius 3 is 2.39 bits per heavy atom. The maximum Gasteiger partial charge on any atom is 0.137 e. The van der Waals surface area contributed by atoms with Gasteiger partial charge in [0.25, 0.3) is 0 Å². The van der Waals surface area contributed by atoms with Gasteiger partial charge in [-0.05, 0) is 55.7 Å². The Morgan fingerprint density at radius 2 is 1.89 bits per heavy atom. The van der Waals surface area contributed by atoms with Crippen molar-refractivity contribution in [3.05, 3.63) is 34.5 Å². The largest absolute Gasteiger partial charge is 0.267 e. The normalized spacial score (nSPS) is 16.5. The summed E-state index contributed by atoms with van der Waals surface area (Å²) in [6.45, 7) is 14.1. The van der Waals surface area contributed by atoms with Gasteiger partial charge in [0, 0.05) is 17.3 Å². The first kappa shape index (κ1) is 14.8. The molecule has 0 aromatic carbocycles. The molecular weight excluding hydrogens is 240 g/mol. The molecule has 18 heavy (non-hydrogen) atoms. The number of hydrogen-bond acceptors (Lipinski definition) is 3. The Kier molecular flexibility index (Phi) is 5.48. The van der Waals surface area contributed by atoms with E-state index in [0.29, 0.717) is 5.92 Å². The maximum absolute atomic E-state index is 4.65. The van der Waals surface area contributed by atoms with E-state index in [1.807, 2.05) is 20.8 Å². The molecule has 2 unspecified atom stereocenters. The predicted molar refractivity (Wildman–Crippen MR) is 83.2 cm³/mol. The SMILES string of the molecule is C=C(C)C(C)=NC(C)N=C(C)C(C)c1ccsc1. The topological polar surface area (TPSA) is 24.7 Å². The first-order valence-electron chi connectivity index (χ1n) is 6.18. The van der Waals surface area contributed by atoms with Crippen LogP contribution in [-0.2, 0) is 0 Å². The predicted octanol–water partition coefficient (Wildman–Crippen LogP) is 4.70. The standard InChI is InChI=1S/C15H22N2S/c1-10(2)12(4)16-14(6)17-13(5)11(3)15-7-8-18-9-15/h7-9,11,14H,1H2,2-6H3. The van der Waals surface area contributed by atoms with Crippen LogP contribution < -0.4 is 0 Å². The van der Waals surface area contributed by atoms with Crippen molar-refractivity contribution in [1.82, 2.24) is 0 Å². The molecule has 0 aliphatic carbocycles. The van der Waals surface area contributed by atoms with Gasteiger partial charge in [-0.3, -0.25) is 9.98 Å². The Bertz CT molecular complexity index is 455. The molecule has 0 bridgehead atoms. The molecule has 0 saturated carbocycles. The lowest BCUT2D eigenvalue weighted by atomic mass is 10.00. The number of rotatable bonds is 5. The van der Waals surface area contributed by atoms with Gasteiger partial charge in [-0.25, -0.2) is 0 Å². The first-order valence-corrected chi connectivity index (χ1v) is 7.12. The molecule has 0 radical (unpaired) electrons. The van der Waals surface area contributed by atoms with Crippen LogP contribution in [0.5, 0.6) is 0 Å². The summed E-state index contributed by atoms with van der Waals surface area (Å²) in [5, 5.41) is 4.28. The van der Waals surface area contributed by atoms with E-state index < -0.39 is 0 Å². The van der Waals surface area contributed by atoms with Crippen LogP contribution in [0.1, 0.15) is 46.1 Å². The van der Waals surface area contributed by atoms with Crippen LogP contribution >= 0.6 is 11.3 Å². The van der Waals surface area contributed by atoms with Crippen molar-refractivity contribution in [3.8, 4) is 0 Å². The van der Waals surface area contributed by atoms with E-state index in [1.165, 1.54) is 5.56 Å². The quantitative estimate of drug-likeness (QED) is 0.687. The summed E-state index contributed by atoms with van der Waals surface area (Å²) in [5.41, 5.74) is 4.43. The van der Waals surface area contributed by atoms with Crippen molar-refractivity contribution in [1.29, 1.82) is 0 Å². The lowest BCUT2D eigenvalue weighted by molar-refractivity contribution is 0.782. The zero-order chi connectivity index (χ0) is 13.7. The summed E-state index contributed by atoms with van der Waals surface area (Å²) in [5.74, 6) is 0.360. The van der Waals surface area contributed by atoms with Gasteiger partial charge in [0.1, 0.15) is 6.17 Å². The van der Waals surface area contributed by atoms with Gasteiger partial charge < -0.3 is 0 Å². The van der Waals surface area contributed by atoms with E-state index in [9.17, 15) is 0 Å². The number of nitrogens with zero attached hydrogens (tertiary/aromatic N) is 2. The van der Waals surface area contributed by atoms with Crippen LogP contribution in [0, 0.1) is 0 Å². The van der Waals surface area contributed by atoms with Gasteiger partial charge in [-0.1, -0.05) is 13.5 Å². The summed E-state index contributed by atoms with van der Waals surface area (Å²) in [6.07, 6.45) is -0.0391. The minimum absolute atomic E-state index is 0.0391. The second kappa shape index (κ2) is 6.64. The summed E-state index contributed by atoms with van der Waals surface area (Å²) >= 11 is 1.72. The Hall–Kier alpha value is -1.22. The van der Waals surface area contributed by atoms with E-state index in [4.69, 9.17) is 0 Å². The zero-order valence-electron chi connectivity index (χ0n) is 11.9. The van der Waals surface area contributed by atoms with Crippen LogP contribution in [0.4, 0.5) is 0 Å². The van der Waals surface area contributed by atoms with Crippen molar-refractivity contribution in [3.63, 3.8) is 0 Å². The van der Waals surface area contributed by atoms with Crippen LogP contribution in [0.3, 0.4) is 0 Å². The summed E-state index contributed by atoms with van der Waals surface area (Å²) < 4.78 is 0. The highest BCUT2D eigenvalue weighted by atomic mass is 32.1. The van der Waals surface area contributed by atoms with E-state index in [-0.39, 0.29) is 6.17 Å². The van der Waals surface area contributed by atoms with Gasteiger partial charge in [0.2, 0.25) is 0 Å². The van der Waals surface area contributed by atoms with Crippen molar-refractivity contribution in [2.75, 3.05) is 0 Å². The fourth-order valence-corrected chi connectivity index (χ4v) is 2.34. The van der Waals surface area contributed by atoms with Gasteiger partial charge in [-0.15, -0.1) is 0 Å². The van der Waals surface area contributed by atoms with Gasteiger partial charge in [-0.2, -0.15) is 11.3 Å². The van der Waals surface area contributed by atoms with Gasteiger partial charge in [0.05, 0.1) is 0 Å². The minimum Gasteiger partial charge on any atom is -0.267 e. The van der Waals surface area contributed by atoms with Crippen molar-refractivity contribution in [2.45, 2.75) is 46.7 Å². The van der Waals surface area contributed by atoms with Crippen LogP contribution in [0.2, 0.25) is 0 Å². The van der Waals surface area contributed by atoms with E-state index in [0.717, 1.165) is 17.0 Å². The molecule has 1 aromatic rings. The molecule has 0 aliphatic heterocycles. The molecule has 1 heterocycles. The number of aliphatic imine (C=N–C) groups is 2. The molecule has 3 heteroatoms. The third-order valence-corrected chi connectivity index (χ3v) is 3.76. The zero-order valence-corrected chi connectivity index (χ0v) is 12.7. The van der Waals surface area contributed by atoms with Gasteiger partial charge in [0.15, 0.2) is 0 Å². The average molecular weight is 262 g/mol. The highest BCUT2D eigenvalue weighted by Crippen LogP contribution is 2.20. The molecule has 1 rings (SSSR count). The number of allylic oxidation sites excluding steroid dienone is 1. The molecule has 2 nitrogen and oxygen atoms in total. The Balaban J connectivity index is 2.77. The Morgan fingerprint density at radius 1 is 1.22 bits per heavy atom. The molecular formula is C15H22N2S. The minimum atomic E-state index is -0.0391. The van der Waals surface area contributed by atoms with E-state index in [1.54, 1.807) is 11.3 Å². The van der Waals surface area contributed by atoms with Crippen molar-refractivity contribution >= 4 is 22.8 Å². The molecule has 0 spiro atoms. The molecule has 0 amide bonds. The maximum atomic E-state index is 4.65. The summed E-state index contributed by atoms with van der Waals surface area (Å²) in [6, 6.07) is 2.15. The molecule has 1 aromatic heterocycles. The second-order valence-corrected chi connectivity index (χ2v) is 5.46. The van der Waals surface area contributed by atoms with E-state index >= 15 is 0 Å². The summed E-state index contributed by atoms with van der Waals surface area (Å²) in [7, 11) is 0. The number of thiophene rings is 1. The third-order valence-electron chi connectivity index (χ3n) is 3.06. The number of hydrogen-bond donors (Lipinski definition) is 0. The average Bonchev–Trinajstić information content (AvgIpc) is 2.80. The highest BCUT2D eigenvalue weighted by Gasteiger charge is 2.10. The van der Waals surface area contributed by atoms with E-state index in [2.05, 4.69) is 47.2 Å². The molecule has 0 fully saturated rings. The molecule has 98 valence electrons. The first-order chi connectivity index (χ1) is 8.41. The van der Waals surface area contributed by atoms with Crippen LogP contribution in [0.25, 0.3) is 0 Å². The lowest BCUT2D eigenvalue weighted by Crippen LogP contribution is -2.09. The lowest BCUT2D eigenvalue weighted by Gasteiger charge is -2.12. The fraction of sp³-hybridized carbons (Fsp3) is 0.467. The van der Waals surface area contributed by atoms with Crippen LogP contribution in [0.15, 0.2) is 39.0 Å². The molecule has 2 atom stereocenters. The van der Waals surface area contributed by atoms with Crippen LogP contribution in [-0.4, -0.2) is 17.6 Å². The molecule has 0 aliphatic rings. The Labute approximate surface area is 114 Å². The fourth-order valence-electron chi connectivity index (χ4n) is 1.59. The monoisotopic (exact) mass is 262 g/mol. The van der Waals surface area contributed by atoms with Gasteiger partial charge >= 0.3 is 0 Å². The van der Waals surface area contributed by atoms with Crippen molar-refractivity contribution < 1.29 is 0 Å². The van der Waals surface area contributed by atoms with Crippen molar-refractivity contribution in [2.24, 2.45) is 9.98 Å². The highest BCUT2D eigenvalue weighted by molar-refractivity contribution is 7.08. The third kappa shape index (κ3) is 4.22. The molecule has 0 N–H and O–H groups in total.